The second-order valence-electron chi connectivity index (χ2n) is 8.24. The van der Waals surface area contributed by atoms with E-state index < -0.39 is 16.1 Å². The first kappa shape index (κ1) is 16.5. The number of rotatable bonds is 3. The molecule has 0 saturated heterocycles. The van der Waals surface area contributed by atoms with E-state index >= 15 is 0 Å². The standard InChI is InChI=1S/C17H29NOSi2/c1-13-18-17-14(9-8-10-16(17)19-13)11-15(21(5,6)7)12-20(2,3)4/h11-12H,8-10H2,1-7H3/b14-11+,15-12-. The number of allylic oxidation sites excluding steroid dienone is 3. The highest BCUT2D eigenvalue weighted by Gasteiger charge is 2.25. The average Bonchev–Trinajstić information content (AvgIpc) is 2.66. The van der Waals surface area contributed by atoms with Gasteiger partial charge in [-0.2, -0.15) is 0 Å². The van der Waals surface area contributed by atoms with Gasteiger partial charge in [-0.05, 0) is 18.4 Å². The molecule has 2 rings (SSSR count). The summed E-state index contributed by atoms with van der Waals surface area (Å²) in [5.74, 6) is 1.89. The van der Waals surface area contributed by atoms with E-state index in [1.54, 1.807) is 5.20 Å². The number of hydrogen-bond donors (Lipinski definition) is 0. The summed E-state index contributed by atoms with van der Waals surface area (Å²) in [6.45, 7) is 16.5. The van der Waals surface area contributed by atoms with E-state index in [-0.39, 0.29) is 0 Å². The third kappa shape index (κ3) is 4.30. The van der Waals surface area contributed by atoms with Crippen molar-refractivity contribution in [2.75, 3.05) is 0 Å². The van der Waals surface area contributed by atoms with Gasteiger partial charge in [-0.1, -0.05) is 56.3 Å². The van der Waals surface area contributed by atoms with E-state index in [0.717, 1.165) is 30.2 Å². The molecule has 1 heterocycles. The summed E-state index contributed by atoms with van der Waals surface area (Å²) in [5, 5.41) is 1.59. The molecule has 1 aliphatic rings. The van der Waals surface area contributed by atoms with E-state index in [4.69, 9.17) is 4.42 Å². The summed E-state index contributed by atoms with van der Waals surface area (Å²) in [6, 6.07) is 0. The Morgan fingerprint density at radius 2 is 1.76 bits per heavy atom. The Hall–Kier alpha value is -0.876. The molecule has 0 saturated carbocycles. The molecule has 0 unspecified atom stereocenters. The van der Waals surface area contributed by atoms with Gasteiger partial charge in [0.05, 0.1) is 16.1 Å². The van der Waals surface area contributed by atoms with Gasteiger partial charge in [0.2, 0.25) is 0 Å². The minimum Gasteiger partial charge on any atom is -0.445 e. The Bertz CT molecular complexity index is 583. The van der Waals surface area contributed by atoms with Crippen LogP contribution in [0.3, 0.4) is 0 Å². The molecule has 0 fully saturated rings. The zero-order chi connectivity index (χ0) is 15.8. The topological polar surface area (TPSA) is 26.0 Å². The van der Waals surface area contributed by atoms with Gasteiger partial charge in [0.25, 0.3) is 0 Å². The largest absolute Gasteiger partial charge is 0.445 e. The molecule has 0 aliphatic heterocycles. The summed E-state index contributed by atoms with van der Waals surface area (Å²) in [5.41, 5.74) is 5.10. The second-order valence-corrected chi connectivity index (χ2v) is 18.3. The van der Waals surface area contributed by atoms with Crippen LogP contribution in [0.4, 0.5) is 0 Å². The predicted octanol–water partition coefficient (Wildman–Crippen LogP) is 5.38. The van der Waals surface area contributed by atoms with Gasteiger partial charge in [-0.15, -0.1) is 0 Å². The first-order valence-electron chi connectivity index (χ1n) is 7.97. The molecule has 116 valence electrons. The van der Waals surface area contributed by atoms with Gasteiger partial charge < -0.3 is 4.42 Å². The van der Waals surface area contributed by atoms with Crippen molar-refractivity contribution in [1.29, 1.82) is 0 Å². The molecule has 1 aliphatic carbocycles. The quantitative estimate of drug-likeness (QED) is 0.699. The minimum absolute atomic E-state index is 0.802. The summed E-state index contributed by atoms with van der Waals surface area (Å²) >= 11 is 0. The van der Waals surface area contributed by atoms with E-state index in [0.29, 0.717) is 0 Å². The molecule has 0 aromatic carbocycles. The molecule has 1 aromatic rings. The zero-order valence-corrected chi connectivity index (χ0v) is 16.6. The van der Waals surface area contributed by atoms with Gasteiger partial charge in [-0.3, -0.25) is 0 Å². The Morgan fingerprint density at radius 3 is 2.33 bits per heavy atom. The number of nitrogens with zero attached hydrogens (tertiary/aromatic N) is 1. The highest BCUT2D eigenvalue weighted by atomic mass is 28.3. The predicted molar refractivity (Wildman–Crippen MR) is 96.9 cm³/mol. The van der Waals surface area contributed by atoms with Crippen LogP contribution in [0.5, 0.6) is 0 Å². The maximum atomic E-state index is 5.75. The molecule has 0 amide bonds. The van der Waals surface area contributed by atoms with E-state index in [1.807, 2.05) is 6.92 Å². The lowest BCUT2D eigenvalue weighted by Gasteiger charge is -2.24. The highest BCUT2D eigenvalue weighted by Crippen LogP contribution is 2.33. The Balaban J connectivity index is 2.47. The maximum absolute atomic E-state index is 5.75. The van der Waals surface area contributed by atoms with Crippen LogP contribution in [0.15, 0.2) is 21.4 Å². The number of aryl methyl sites for hydroxylation is 2. The van der Waals surface area contributed by atoms with Crippen molar-refractivity contribution >= 4 is 21.7 Å². The Kier molecular flexibility index (Phi) is 4.50. The summed E-state index contributed by atoms with van der Waals surface area (Å²) in [6.07, 6.45) is 5.80. The lowest BCUT2D eigenvalue weighted by Crippen LogP contribution is -2.28. The van der Waals surface area contributed by atoms with E-state index in [2.05, 4.69) is 56.0 Å². The third-order valence-electron chi connectivity index (χ3n) is 3.74. The van der Waals surface area contributed by atoms with Crippen molar-refractivity contribution < 1.29 is 4.42 Å². The minimum atomic E-state index is -1.33. The molecule has 4 heteroatoms. The summed E-state index contributed by atoms with van der Waals surface area (Å²) in [4.78, 5) is 4.63. The molecule has 0 radical (unpaired) electrons. The molecule has 2 nitrogen and oxygen atoms in total. The van der Waals surface area contributed by atoms with Crippen molar-refractivity contribution in [1.82, 2.24) is 4.98 Å². The molecular weight excluding hydrogens is 290 g/mol. The lowest BCUT2D eigenvalue weighted by molar-refractivity contribution is 0.466. The van der Waals surface area contributed by atoms with Crippen LogP contribution >= 0.6 is 0 Å². The number of aromatic nitrogens is 1. The maximum Gasteiger partial charge on any atom is 0.191 e. The average molecular weight is 320 g/mol. The highest BCUT2D eigenvalue weighted by molar-refractivity contribution is 6.88. The van der Waals surface area contributed by atoms with Crippen molar-refractivity contribution in [3.8, 4) is 0 Å². The van der Waals surface area contributed by atoms with Crippen LogP contribution in [-0.4, -0.2) is 21.1 Å². The first-order valence-corrected chi connectivity index (χ1v) is 15.0. The van der Waals surface area contributed by atoms with Crippen LogP contribution in [-0.2, 0) is 6.42 Å². The first-order chi connectivity index (χ1) is 9.56. The number of hydrogen-bond acceptors (Lipinski definition) is 2. The van der Waals surface area contributed by atoms with E-state index in [1.165, 1.54) is 12.0 Å². The molecule has 1 aromatic heterocycles. The van der Waals surface area contributed by atoms with Crippen molar-refractivity contribution in [2.45, 2.75) is 65.5 Å². The summed E-state index contributed by atoms with van der Waals surface area (Å²) in [7, 11) is -2.55. The number of fused-ring (bicyclic) bond motifs is 1. The second kappa shape index (κ2) is 5.73. The lowest BCUT2D eigenvalue weighted by atomic mass is 9.96. The van der Waals surface area contributed by atoms with Crippen LogP contribution < -0.4 is 0 Å². The normalized spacial score (nSPS) is 19.0. The fourth-order valence-electron chi connectivity index (χ4n) is 2.72. The van der Waals surface area contributed by atoms with Gasteiger partial charge in [0, 0.05) is 13.3 Å². The van der Waals surface area contributed by atoms with Gasteiger partial charge in [0.15, 0.2) is 5.89 Å². The van der Waals surface area contributed by atoms with Crippen molar-refractivity contribution in [2.24, 2.45) is 0 Å². The Morgan fingerprint density at radius 1 is 1.10 bits per heavy atom. The molecule has 0 atom stereocenters. The van der Waals surface area contributed by atoms with Gasteiger partial charge in [0.1, 0.15) is 11.5 Å². The van der Waals surface area contributed by atoms with Gasteiger partial charge >= 0.3 is 0 Å². The monoisotopic (exact) mass is 319 g/mol. The molecule has 0 N–H and O–H groups in total. The van der Waals surface area contributed by atoms with Crippen LogP contribution in [0.1, 0.15) is 30.2 Å². The van der Waals surface area contributed by atoms with Crippen LogP contribution in [0.25, 0.3) is 5.57 Å². The molecule has 0 spiro atoms. The van der Waals surface area contributed by atoms with Crippen molar-refractivity contribution in [3.63, 3.8) is 0 Å². The Labute approximate surface area is 131 Å². The SMILES string of the molecule is Cc1nc2c(o1)CCC/C2=C\C(=C\[Si](C)(C)C)[Si](C)(C)C. The van der Waals surface area contributed by atoms with Crippen molar-refractivity contribution in [3.05, 3.63) is 34.3 Å². The summed E-state index contributed by atoms with van der Waals surface area (Å²) < 4.78 is 5.75. The fourth-order valence-corrected chi connectivity index (χ4v) is 7.37. The van der Waals surface area contributed by atoms with Gasteiger partial charge in [-0.25, -0.2) is 4.98 Å². The third-order valence-corrected chi connectivity index (χ3v) is 7.23. The zero-order valence-electron chi connectivity index (χ0n) is 14.6. The molecule has 21 heavy (non-hydrogen) atoms. The molecule has 0 bridgehead atoms. The van der Waals surface area contributed by atoms with Crippen LogP contribution in [0, 0.1) is 6.92 Å². The smallest absolute Gasteiger partial charge is 0.191 e. The van der Waals surface area contributed by atoms with Crippen LogP contribution in [0.2, 0.25) is 39.3 Å². The van der Waals surface area contributed by atoms with E-state index in [9.17, 15) is 0 Å². The molecular formula is C17H29NOSi2. The number of oxazole rings is 1. The fraction of sp³-hybridized carbons (Fsp3) is 0.588.